The third-order valence-corrected chi connectivity index (χ3v) is 4.48. The Bertz CT molecular complexity index is 512. The summed E-state index contributed by atoms with van der Waals surface area (Å²) in [6, 6.07) is 8.79. The lowest BCUT2D eigenvalue weighted by molar-refractivity contribution is 0.0959. The summed E-state index contributed by atoms with van der Waals surface area (Å²) in [6.07, 6.45) is 10.6. The van der Waals surface area contributed by atoms with Gasteiger partial charge in [-0.3, -0.25) is 0 Å². The predicted octanol–water partition coefficient (Wildman–Crippen LogP) is 3.56. The van der Waals surface area contributed by atoms with Gasteiger partial charge < -0.3 is 4.74 Å². The number of ether oxygens (including phenoxy) is 1. The summed E-state index contributed by atoms with van der Waals surface area (Å²) in [7, 11) is 0. The van der Waals surface area contributed by atoms with Gasteiger partial charge in [0.05, 0.1) is 6.26 Å². The van der Waals surface area contributed by atoms with Gasteiger partial charge in [0.2, 0.25) is 0 Å². The maximum absolute atomic E-state index is 5.88. The second kappa shape index (κ2) is 3.49. The van der Waals surface area contributed by atoms with Crippen molar-refractivity contribution in [1.82, 2.24) is 0 Å². The molecule has 17 heavy (non-hydrogen) atoms. The summed E-state index contributed by atoms with van der Waals surface area (Å²) in [5.41, 5.74) is 4.36. The molecule has 1 aromatic carbocycles. The van der Waals surface area contributed by atoms with Gasteiger partial charge in [-0.25, -0.2) is 0 Å². The first kappa shape index (κ1) is 9.52. The predicted molar refractivity (Wildman–Crippen MR) is 68.4 cm³/mol. The molecule has 0 radical (unpaired) electrons. The minimum atomic E-state index is 0.342. The smallest absolute Gasteiger partial charge is 0.120 e. The van der Waals surface area contributed by atoms with Crippen LogP contribution in [0.5, 0.6) is 0 Å². The lowest BCUT2D eigenvalue weighted by Crippen LogP contribution is -2.32. The molecular formula is C16H16O. The van der Waals surface area contributed by atoms with Crippen molar-refractivity contribution in [2.24, 2.45) is 11.8 Å². The molecule has 0 fully saturated rings. The Labute approximate surface area is 102 Å². The zero-order chi connectivity index (χ0) is 11.2. The van der Waals surface area contributed by atoms with Crippen molar-refractivity contribution in [2.75, 3.05) is 0 Å². The van der Waals surface area contributed by atoms with Crippen molar-refractivity contribution < 1.29 is 4.74 Å². The van der Waals surface area contributed by atoms with Crippen LogP contribution >= 0.6 is 0 Å². The number of hydrogen-bond donors (Lipinski definition) is 0. The van der Waals surface area contributed by atoms with Gasteiger partial charge in [-0.1, -0.05) is 30.3 Å². The van der Waals surface area contributed by atoms with Crippen LogP contribution in [-0.2, 0) is 11.2 Å². The molecular weight excluding hydrogens is 208 g/mol. The van der Waals surface area contributed by atoms with Crippen LogP contribution in [0.2, 0.25) is 0 Å². The highest BCUT2D eigenvalue weighted by molar-refractivity contribution is 5.72. The van der Waals surface area contributed by atoms with E-state index in [1.54, 1.807) is 0 Å². The number of fused-ring (bicyclic) bond motifs is 5. The molecule has 0 bridgehead atoms. The van der Waals surface area contributed by atoms with E-state index in [1.165, 1.54) is 36.0 Å². The summed E-state index contributed by atoms with van der Waals surface area (Å²) in [6.45, 7) is 0. The fraction of sp³-hybridized carbons (Fsp3) is 0.375. The van der Waals surface area contributed by atoms with Gasteiger partial charge in [0.25, 0.3) is 0 Å². The molecule has 0 saturated heterocycles. The van der Waals surface area contributed by atoms with E-state index in [0.29, 0.717) is 17.9 Å². The Morgan fingerprint density at radius 3 is 3.12 bits per heavy atom. The van der Waals surface area contributed by atoms with E-state index in [2.05, 4.69) is 36.4 Å². The first-order chi connectivity index (χ1) is 8.43. The second-order valence-corrected chi connectivity index (χ2v) is 5.30. The molecule has 1 aliphatic heterocycles. The van der Waals surface area contributed by atoms with E-state index in [9.17, 15) is 0 Å². The van der Waals surface area contributed by atoms with Crippen LogP contribution in [0.4, 0.5) is 0 Å². The zero-order valence-electron chi connectivity index (χ0n) is 9.80. The lowest BCUT2D eigenvalue weighted by Gasteiger charge is -2.38. The number of aryl methyl sites for hydroxylation is 1. The highest BCUT2D eigenvalue weighted by Crippen LogP contribution is 2.46. The Morgan fingerprint density at radius 1 is 1.18 bits per heavy atom. The van der Waals surface area contributed by atoms with Gasteiger partial charge >= 0.3 is 0 Å². The van der Waals surface area contributed by atoms with Gasteiger partial charge in [0.15, 0.2) is 0 Å². The molecule has 0 saturated carbocycles. The maximum Gasteiger partial charge on any atom is 0.120 e. The Kier molecular flexibility index (Phi) is 1.96. The van der Waals surface area contributed by atoms with Crippen LogP contribution in [0.25, 0.3) is 5.57 Å². The van der Waals surface area contributed by atoms with Crippen LogP contribution in [0.1, 0.15) is 24.0 Å². The quantitative estimate of drug-likeness (QED) is 0.612. The minimum absolute atomic E-state index is 0.342. The monoisotopic (exact) mass is 224 g/mol. The molecule has 1 aromatic rings. The fourth-order valence-electron chi connectivity index (χ4n) is 3.62. The third kappa shape index (κ3) is 1.32. The molecule has 0 amide bonds. The number of benzene rings is 1. The standard InChI is InChI=1S/C16H16O/c1-2-5-12-11(4-1)8-9-13-14-6-3-7-16(14)17-10-15(12)13/h1-5,7,10,13-14,16H,6,8-9H2/t13-,14+,16+/m0/s1. The van der Waals surface area contributed by atoms with Gasteiger partial charge in [-0.2, -0.15) is 0 Å². The first-order valence-corrected chi connectivity index (χ1v) is 6.54. The Balaban J connectivity index is 1.80. The molecule has 4 rings (SSSR count). The van der Waals surface area contributed by atoms with Crippen LogP contribution < -0.4 is 0 Å². The lowest BCUT2D eigenvalue weighted by atomic mass is 9.71. The van der Waals surface area contributed by atoms with E-state index in [0.717, 1.165) is 0 Å². The van der Waals surface area contributed by atoms with Crippen molar-refractivity contribution >= 4 is 5.57 Å². The molecule has 0 spiro atoms. The van der Waals surface area contributed by atoms with Crippen LogP contribution in [-0.4, -0.2) is 6.10 Å². The summed E-state index contributed by atoms with van der Waals surface area (Å²) in [5.74, 6) is 1.39. The van der Waals surface area contributed by atoms with Crippen molar-refractivity contribution in [3.8, 4) is 0 Å². The molecule has 1 nitrogen and oxygen atoms in total. The summed E-state index contributed by atoms with van der Waals surface area (Å²) in [5, 5.41) is 0. The van der Waals surface area contributed by atoms with Crippen molar-refractivity contribution in [2.45, 2.75) is 25.4 Å². The molecule has 2 aliphatic carbocycles. The molecule has 1 heteroatoms. The van der Waals surface area contributed by atoms with Gasteiger partial charge in [0, 0.05) is 5.92 Å². The average molecular weight is 224 g/mol. The molecule has 1 heterocycles. The number of hydrogen-bond acceptors (Lipinski definition) is 1. The number of rotatable bonds is 0. The largest absolute Gasteiger partial charge is 0.493 e. The SMILES string of the molecule is C1=C[C@H]2OC=C3c4ccccc4CC[C@H]3[C@H]2C1. The van der Waals surface area contributed by atoms with Crippen molar-refractivity contribution in [3.05, 3.63) is 53.8 Å². The van der Waals surface area contributed by atoms with E-state index in [-0.39, 0.29) is 0 Å². The Morgan fingerprint density at radius 2 is 2.12 bits per heavy atom. The highest BCUT2D eigenvalue weighted by Gasteiger charge is 2.39. The third-order valence-electron chi connectivity index (χ3n) is 4.48. The van der Waals surface area contributed by atoms with E-state index >= 15 is 0 Å². The van der Waals surface area contributed by atoms with Gasteiger partial charge in [-0.15, -0.1) is 0 Å². The van der Waals surface area contributed by atoms with Gasteiger partial charge in [-0.05, 0) is 48.0 Å². The number of allylic oxidation sites excluding steroid dienone is 2. The molecule has 0 N–H and O–H groups in total. The summed E-state index contributed by atoms with van der Waals surface area (Å²) in [4.78, 5) is 0. The summed E-state index contributed by atoms with van der Waals surface area (Å²) < 4.78 is 5.88. The topological polar surface area (TPSA) is 9.23 Å². The molecule has 3 aliphatic rings. The molecule has 3 atom stereocenters. The normalized spacial score (nSPS) is 33.2. The van der Waals surface area contributed by atoms with Gasteiger partial charge in [0.1, 0.15) is 6.10 Å². The van der Waals surface area contributed by atoms with Crippen molar-refractivity contribution in [3.63, 3.8) is 0 Å². The molecule has 86 valence electrons. The molecule has 0 unspecified atom stereocenters. The summed E-state index contributed by atoms with van der Waals surface area (Å²) >= 11 is 0. The highest BCUT2D eigenvalue weighted by atomic mass is 16.5. The minimum Gasteiger partial charge on any atom is -0.493 e. The maximum atomic E-state index is 5.88. The Hall–Kier alpha value is -1.50. The van der Waals surface area contributed by atoms with Crippen LogP contribution in [0.3, 0.4) is 0 Å². The molecule has 0 aromatic heterocycles. The first-order valence-electron chi connectivity index (χ1n) is 6.54. The van der Waals surface area contributed by atoms with Crippen LogP contribution in [0, 0.1) is 11.8 Å². The fourth-order valence-corrected chi connectivity index (χ4v) is 3.62. The average Bonchev–Trinajstić information content (AvgIpc) is 2.86. The second-order valence-electron chi connectivity index (χ2n) is 5.30. The zero-order valence-corrected chi connectivity index (χ0v) is 9.80. The van der Waals surface area contributed by atoms with Crippen molar-refractivity contribution in [1.29, 1.82) is 0 Å². The van der Waals surface area contributed by atoms with E-state index < -0.39 is 0 Å². The van der Waals surface area contributed by atoms with E-state index in [4.69, 9.17) is 4.74 Å². The van der Waals surface area contributed by atoms with Crippen LogP contribution in [0.15, 0.2) is 42.7 Å². The van der Waals surface area contributed by atoms with E-state index in [1.807, 2.05) is 6.26 Å².